The number of nitrogens with zero attached hydrogens (tertiary/aromatic N) is 6. The molecule has 0 spiro atoms. The van der Waals surface area contributed by atoms with Crippen molar-refractivity contribution in [1.82, 2.24) is 30.4 Å². The maximum Gasteiger partial charge on any atom is 0.338 e. The molecule has 6 rings (SSSR count). The van der Waals surface area contributed by atoms with Gasteiger partial charge in [0.15, 0.2) is 0 Å². The highest BCUT2D eigenvalue weighted by Crippen LogP contribution is 2.27. The number of aromatic nitrogens is 4. The van der Waals surface area contributed by atoms with Crippen molar-refractivity contribution in [1.29, 1.82) is 0 Å². The summed E-state index contributed by atoms with van der Waals surface area (Å²) in [6.45, 7) is 6.81. The summed E-state index contributed by atoms with van der Waals surface area (Å²) in [6, 6.07) is 16.8. The van der Waals surface area contributed by atoms with Gasteiger partial charge in [0, 0.05) is 41.9 Å². The van der Waals surface area contributed by atoms with Gasteiger partial charge in [0.05, 0.1) is 29.6 Å². The molecule has 2 aliphatic rings. The number of carbonyl (C=O) groups excluding carboxylic acids is 5. The molecule has 3 aromatic carbocycles. The van der Waals surface area contributed by atoms with Crippen molar-refractivity contribution >= 4 is 58.3 Å². The largest absolute Gasteiger partial charge is 0.456 e. The quantitative estimate of drug-likeness (QED) is 0.135. The number of hydrogen-bond donors (Lipinski definition) is 4. The lowest BCUT2D eigenvalue weighted by molar-refractivity contribution is -0.137. The van der Waals surface area contributed by atoms with E-state index in [1.807, 2.05) is 0 Å². The number of halogens is 1. The summed E-state index contributed by atoms with van der Waals surface area (Å²) in [5.41, 5.74) is 1.79. The average Bonchev–Trinajstić information content (AvgIpc) is 3.70. The maximum absolute atomic E-state index is 13.8. The zero-order valence-electron chi connectivity index (χ0n) is 31.3. The van der Waals surface area contributed by atoms with Gasteiger partial charge in [-0.15, -0.1) is 5.10 Å². The summed E-state index contributed by atoms with van der Waals surface area (Å²) >= 11 is 6.18. The van der Waals surface area contributed by atoms with E-state index in [9.17, 15) is 29.1 Å². The van der Waals surface area contributed by atoms with Crippen molar-refractivity contribution in [2.24, 2.45) is 0 Å². The van der Waals surface area contributed by atoms with Gasteiger partial charge in [0.25, 0.3) is 0 Å². The van der Waals surface area contributed by atoms with Crippen molar-refractivity contribution < 1.29 is 33.8 Å². The Labute approximate surface area is 328 Å². The molecule has 4 amide bonds. The van der Waals surface area contributed by atoms with Gasteiger partial charge in [-0.05, 0) is 117 Å². The number of hydrogen-bond acceptors (Lipinski definition) is 11. The number of esters is 1. The summed E-state index contributed by atoms with van der Waals surface area (Å²) in [6.07, 6.45) is 4.27. The number of aliphatic hydroxyl groups is 1. The smallest absolute Gasteiger partial charge is 0.338 e. The number of carbonyl (C=O) groups is 5. The molecular formula is C39H44ClN9O7. The van der Waals surface area contributed by atoms with Crippen LogP contribution in [0.1, 0.15) is 62.4 Å². The third kappa shape index (κ3) is 10.3. The van der Waals surface area contributed by atoms with E-state index in [0.717, 1.165) is 32.2 Å². The highest BCUT2D eigenvalue weighted by molar-refractivity contribution is 6.40. The Balaban J connectivity index is 1.15. The first-order valence-corrected chi connectivity index (χ1v) is 18.7. The molecule has 1 atom stereocenters. The summed E-state index contributed by atoms with van der Waals surface area (Å²) < 4.78 is 6.70. The Morgan fingerprint density at radius 1 is 0.929 bits per heavy atom. The molecular weight excluding hydrogens is 742 g/mol. The summed E-state index contributed by atoms with van der Waals surface area (Å²) in [7, 11) is 0. The molecule has 1 saturated carbocycles. The summed E-state index contributed by atoms with van der Waals surface area (Å²) in [5.74, 6) is -3.34. The fourth-order valence-electron chi connectivity index (χ4n) is 6.70. The minimum absolute atomic E-state index is 0.0105. The normalized spacial score (nSPS) is 18.2. The number of aliphatic hydroxyl groups excluding tert-OH is 1. The molecule has 4 aromatic rings. The van der Waals surface area contributed by atoms with E-state index >= 15 is 0 Å². The molecule has 16 nitrogen and oxygen atoms in total. The van der Waals surface area contributed by atoms with E-state index in [4.69, 9.17) is 16.3 Å². The number of tetrazole rings is 1. The van der Waals surface area contributed by atoms with Gasteiger partial charge in [-0.3, -0.25) is 24.1 Å². The Hall–Kier alpha value is -5.71. The van der Waals surface area contributed by atoms with Crippen LogP contribution in [0.5, 0.6) is 0 Å². The Kier molecular flexibility index (Phi) is 12.4. The van der Waals surface area contributed by atoms with Crippen molar-refractivity contribution in [2.75, 3.05) is 35.2 Å². The van der Waals surface area contributed by atoms with E-state index in [-0.39, 0.29) is 40.7 Å². The van der Waals surface area contributed by atoms with Gasteiger partial charge >= 0.3 is 17.8 Å². The molecule has 2 heterocycles. The van der Waals surface area contributed by atoms with Crippen molar-refractivity contribution in [2.45, 2.75) is 76.7 Å². The second kappa shape index (κ2) is 17.4. The zero-order valence-corrected chi connectivity index (χ0v) is 32.0. The maximum atomic E-state index is 13.8. The van der Waals surface area contributed by atoms with Crippen LogP contribution in [0, 0.1) is 0 Å². The predicted octanol–water partition coefficient (Wildman–Crippen LogP) is 3.53. The average molecular weight is 786 g/mol. The van der Waals surface area contributed by atoms with Crippen LogP contribution < -0.4 is 20.9 Å². The minimum Gasteiger partial charge on any atom is -0.456 e. The summed E-state index contributed by atoms with van der Waals surface area (Å²) in [4.78, 5) is 70.1. The zero-order chi connectivity index (χ0) is 40.0. The molecule has 1 aliphatic heterocycles. The lowest BCUT2D eigenvalue weighted by Gasteiger charge is -2.41. The molecule has 294 valence electrons. The van der Waals surface area contributed by atoms with E-state index in [0.29, 0.717) is 35.7 Å². The standard InChI is InChI=1S/C39H44ClN9O7/c1-39(2,3)56-38(55)25-6-9-27(10-7-25)42-35(52)32(44-37(54)36(53)43-31-21-26(40)8-17-33(31)49-23-41-45-46-49)20-24-4-11-29(12-5-24)48-19-18-47(22-34(48)51)28-13-15-30(50)16-14-28/h4-12,17,21,23,28,30,32,50H,13-16,18-20,22H2,1-3H3,(H,42,52)(H,43,53)(H,44,54)/t28?,30?,32-/m0/s1. The number of ether oxygens (including phenoxy) is 1. The Morgan fingerprint density at radius 2 is 1.64 bits per heavy atom. The van der Waals surface area contributed by atoms with Gasteiger partial charge < -0.3 is 30.7 Å². The Bertz CT molecular complexity index is 2050. The monoisotopic (exact) mass is 785 g/mol. The lowest BCUT2D eigenvalue weighted by atomic mass is 9.91. The van der Waals surface area contributed by atoms with Crippen molar-refractivity contribution in [3.63, 3.8) is 0 Å². The molecule has 0 bridgehead atoms. The molecule has 1 aliphatic carbocycles. The van der Waals surface area contributed by atoms with Crippen LogP contribution in [0.2, 0.25) is 5.02 Å². The number of rotatable bonds is 10. The molecule has 0 unspecified atom stereocenters. The Morgan fingerprint density at radius 3 is 2.29 bits per heavy atom. The molecule has 0 radical (unpaired) electrons. The summed E-state index contributed by atoms with van der Waals surface area (Å²) in [5, 5.41) is 29.0. The van der Waals surface area contributed by atoms with Crippen LogP contribution >= 0.6 is 11.6 Å². The fraction of sp³-hybridized carbons (Fsp3) is 0.385. The van der Waals surface area contributed by atoms with Crippen LogP contribution in [0.15, 0.2) is 73.1 Å². The van der Waals surface area contributed by atoms with Crippen molar-refractivity contribution in [3.8, 4) is 5.69 Å². The van der Waals surface area contributed by atoms with Crippen LogP contribution in [0.3, 0.4) is 0 Å². The van der Waals surface area contributed by atoms with Crippen LogP contribution in [0.25, 0.3) is 5.69 Å². The fourth-order valence-corrected chi connectivity index (χ4v) is 6.87. The van der Waals surface area contributed by atoms with Crippen LogP contribution in [-0.2, 0) is 30.3 Å². The SMILES string of the molecule is CC(C)(C)OC(=O)c1ccc(NC(=O)[C@H](Cc2ccc(N3CCN(C4CCC(O)CC4)CC3=O)cc2)NC(=O)C(=O)Nc2cc(Cl)ccc2-n2cnnn2)cc1. The van der Waals surface area contributed by atoms with Gasteiger partial charge in [-0.2, -0.15) is 4.68 Å². The van der Waals surface area contributed by atoms with E-state index in [1.54, 1.807) is 62.1 Å². The van der Waals surface area contributed by atoms with E-state index in [1.165, 1.54) is 41.3 Å². The number of piperazine rings is 1. The number of amides is 4. The minimum atomic E-state index is -1.23. The predicted molar refractivity (Wildman–Crippen MR) is 207 cm³/mol. The lowest BCUT2D eigenvalue weighted by Crippen LogP contribution is -2.54. The van der Waals surface area contributed by atoms with E-state index in [2.05, 4.69) is 36.4 Å². The molecule has 17 heteroatoms. The molecule has 56 heavy (non-hydrogen) atoms. The second-order valence-electron chi connectivity index (χ2n) is 14.8. The number of nitrogens with one attached hydrogen (secondary N) is 3. The first-order chi connectivity index (χ1) is 26.7. The highest BCUT2D eigenvalue weighted by Gasteiger charge is 2.32. The van der Waals surface area contributed by atoms with Crippen LogP contribution in [-0.4, -0.2) is 103 Å². The number of benzene rings is 3. The molecule has 1 aromatic heterocycles. The first kappa shape index (κ1) is 40.0. The molecule has 1 saturated heterocycles. The van der Waals surface area contributed by atoms with Gasteiger partial charge in [0.1, 0.15) is 18.0 Å². The number of anilines is 3. The van der Waals surface area contributed by atoms with E-state index < -0.39 is 35.3 Å². The first-order valence-electron chi connectivity index (χ1n) is 18.3. The second-order valence-corrected chi connectivity index (χ2v) is 15.2. The molecule has 2 fully saturated rings. The topological polar surface area (TPSA) is 201 Å². The van der Waals surface area contributed by atoms with Gasteiger partial charge in [0.2, 0.25) is 11.8 Å². The van der Waals surface area contributed by atoms with Gasteiger partial charge in [-0.25, -0.2) is 4.79 Å². The highest BCUT2D eigenvalue weighted by atomic mass is 35.5. The van der Waals surface area contributed by atoms with Crippen LogP contribution in [0.4, 0.5) is 17.1 Å². The third-order valence-electron chi connectivity index (χ3n) is 9.54. The molecule has 4 N–H and O–H groups in total. The van der Waals surface area contributed by atoms with Gasteiger partial charge in [-0.1, -0.05) is 23.7 Å². The third-order valence-corrected chi connectivity index (χ3v) is 9.77. The van der Waals surface area contributed by atoms with Crippen molar-refractivity contribution in [3.05, 3.63) is 89.2 Å².